The smallest absolute Gasteiger partial charge is 0.326 e. The normalized spacial score (nSPS) is 17.8. The molecule has 0 bridgehead atoms. The number of fused-ring (bicyclic) bond motifs is 2. The van der Waals surface area contributed by atoms with Gasteiger partial charge in [-0.1, -0.05) is 92.5 Å². The number of nitrogens with one attached hydrogen (secondary N) is 1. The lowest BCUT2D eigenvalue weighted by molar-refractivity contribution is -0.142. The zero-order valence-electron chi connectivity index (χ0n) is 35.2. The molecule has 0 aliphatic carbocycles. The number of carboxylic acids is 1. The Morgan fingerprint density at radius 3 is 2.37 bits per heavy atom. The van der Waals surface area contributed by atoms with Crippen LogP contribution in [-0.2, 0) is 35.5 Å². The Morgan fingerprint density at radius 1 is 0.933 bits per heavy atom. The number of benzene rings is 4. The van der Waals surface area contributed by atoms with Gasteiger partial charge in [-0.15, -0.1) is 0 Å². The van der Waals surface area contributed by atoms with Crippen molar-refractivity contribution in [3.63, 3.8) is 0 Å². The molecular weight excluding hydrogens is 795 g/mol. The van der Waals surface area contributed by atoms with Crippen molar-refractivity contribution < 1.29 is 24.2 Å². The van der Waals surface area contributed by atoms with E-state index < -0.39 is 18.1 Å². The van der Waals surface area contributed by atoms with Gasteiger partial charge in [0.25, 0.3) is 0 Å². The number of carbonyl (C=O) groups is 2. The Kier molecular flexibility index (Phi) is 13.5. The molecule has 0 radical (unpaired) electrons. The molecule has 0 fully saturated rings. The van der Waals surface area contributed by atoms with Gasteiger partial charge in [0.15, 0.2) is 0 Å². The highest BCUT2D eigenvalue weighted by atomic mass is 35.5. The average molecular weight is 850 g/mol. The second-order valence-corrected chi connectivity index (χ2v) is 17.5. The fourth-order valence-electron chi connectivity index (χ4n) is 8.38. The predicted octanol–water partition coefficient (Wildman–Crippen LogP) is 9.96. The van der Waals surface area contributed by atoms with Crippen LogP contribution in [0.2, 0.25) is 10.0 Å². The maximum absolute atomic E-state index is 14.1. The number of rotatable bonds is 13. The number of nitrogens with zero attached hydrogens (tertiary/aromatic N) is 3. The Morgan fingerprint density at radius 2 is 1.68 bits per heavy atom. The van der Waals surface area contributed by atoms with Crippen molar-refractivity contribution in [3.05, 3.63) is 146 Å². The molecule has 314 valence electrons. The highest BCUT2D eigenvalue weighted by Gasteiger charge is 2.35. The van der Waals surface area contributed by atoms with Gasteiger partial charge >= 0.3 is 5.97 Å². The number of ether oxygens (including phenoxy) is 2. The van der Waals surface area contributed by atoms with Gasteiger partial charge in [0.05, 0.1) is 16.1 Å². The van der Waals surface area contributed by atoms with Crippen LogP contribution in [0.25, 0.3) is 11.1 Å². The summed E-state index contributed by atoms with van der Waals surface area (Å²) in [6, 6.07) is 26.3. The number of aromatic nitrogens is 1. The lowest BCUT2D eigenvalue weighted by atomic mass is 9.90. The van der Waals surface area contributed by atoms with E-state index in [2.05, 4.69) is 72.2 Å². The van der Waals surface area contributed by atoms with Gasteiger partial charge in [-0.3, -0.25) is 19.6 Å². The molecule has 0 saturated carbocycles. The summed E-state index contributed by atoms with van der Waals surface area (Å²) in [4.78, 5) is 35.5. The number of carbonyl (C=O) groups excluding carboxylic acids is 1. The van der Waals surface area contributed by atoms with Crippen LogP contribution >= 0.6 is 23.2 Å². The summed E-state index contributed by atoms with van der Waals surface area (Å²) >= 11 is 12.5. The summed E-state index contributed by atoms with van der Waals surface area (Å²) in [6.45, 7) is 13.0. The number of hydrogen-bond acceptors (Lipinski definition) is 7. The van der Waals surface area contributed by atoms with E-state index in [9.17, 15) is 14.7 Å². The summed E-state index contributed by atoms with van der Waals surface area (Å²) in [5.74, 6) is 0.559. The van der Waals surface area contributed by atoms with Crippen molar-refractivity contribution in [1.29, 1.82) is 0 Å². The number of hydrogen-bond donors (Lipinski definition) is 2. The minimum Gasteiger partial charge on any atom is -0.486 e. The average Bonchev–Trinajstić information content (AvgIpc) is 3.38. The number of amides is 1. The van der Waals surface area contributed by atoms with Crippen molar-refractivity contribution >= 4 is 35.1 Å². The molecule has 4 aromatic carbocycles. The Labute approximate surface area is 363 Å². The van der Waals surface area contributed by atoms with E-state index in [-0.39, 0.29) is 24.5 Å². The van der Waals surface area contributed by atoms with Gasteiger partial charge in [-0.05, 0) is 121 Å². The lowest BCUT2D eigenvalue weighted by Crippen LogP contribution is -2.55. The van der Waals surface area contributed by atoms with Gasteiger partial charge < -0.3 is 19.9 Å². The second kappa shape index (κ2) is 18.8. The topological polar surface area (TPSA) is 104 Å². The van der Waals surface area contributed by atoms with Crippen molar-refractivity contribution in [2.24, 2.45) is 5.92 Å². The molecule has 0 saturated heterocycles. The maximum atomic E-state index is 14.1. The predicted molar refractivity (Wildman–Crippen MR) is 238 cm³/mol. The monoisotopic (exact) mass is 848 g/mol. The molecule has 9 nitrogen and oxygen atoms in total. The SMILES string of the molecule is CC[C@@H](Oc1ccc([C@H]2CN(C)Cc3cc4c(cc3O2)CN(CC(C)C)[C@H](C(=O)N[C@@H](Cc2ccc(-c3ccnc(C)c3C)cc2)C(=O)O)C4)cc1)c1ccc(Cl)c(Cl)c1. The van der Waals surface area contributed by atoms with Crippen LogP contribution in [0, 0.1) is 19.8 Å². The third kappa shape index (κ3) is 9.98. The largest absolute Gasteiger partial charge is 0.486 e. The number of carboxylic acid groups (broad SMARTS) is 1. The van der Waals surface area contributed by atoms with E-state index in [0.29, 0.717) is 48.6 Å². The molecule has 7 rings (SSSR count). The fraction of sp³-hybridized carbons (Fsp3) is 0.367. The van der Waals surface area contributed by atoms with Crippen LogP contribution in [0.5, 0.6) is 11.5 Å². The molecule has 2 aliphatic heterocycles. The molecule has 4 atom stereocenters. The van der Waals surface area contributed by atoms with Gasteiger partial charge in [-0.2, -0.15) is 0 Å². The van der Waals surface area contributed by atoms with E-state index in [1.807, 2.05) is 68.4 Å². The highest BCUT2D eigenvalue weighted by molar-refractivity contribution is 6.42. The third-order valence-corrected chi connectivity index (χ3v) is 12.4. The Bertz CT molecular complexity index is 2330. The van der Waals surface area contributed by atoms with Crippen LogP contribution in [-0.4, -0.2) is 64.0 Å². The van der Waals surface area contributed by atoms with Crippen LogP contribution in [0.3, 0.4) is 0 Å². The van der Waals surface area contributed by atoms with Crippen molar-refractivity contribution in [2.45, 2.75) is 91.3 Å². The summed E-state index contributed by atoms with van der Waals surface area (Å²) in [5, 5.41) is 14.2. The van der Waals surface area contributed by atoms with Crippen LogP contribution in [0.4, 0.5) is 0 Å². The van der Waals surface area contributed by atoms with Crippen molar-refractivity contribution in [2.75, 3.05) is 20.1 Å². The van der Waals surface area contributed by atoms with E-state index >= 15 is 0 Å². The molecule has 0 unspecified atom stereocenters. The van der Waals surface area contributed by atoms with Gasteiger partial charge in [-0.25, -0.2) is 4.79 Å². The van der Waals surface area contributed by atoms with Gasteiger partial charge in [0, 0.05) is 50.1 Å². The van der Waals surface area contributed by atoms with E-state index in [1.54, 1.807) is 12.3 Å². The molecule has 1 amide bonds. The first-order chi connectivity index (χ1) is 28.8. The van der Waals surface area contributed by atoms with E-state index in [0.717, 1.165) is 73.7 Å². The maximum Gasteiger partial charge on any atom is 0.326 e. The number of aliphatic carboxylic acids is 1. The molecule has 2 N–H and O–H groups in total. The number of pyridine rings is 1. The Hall–Kier alpha value is -4.93. The quantitative estimate of drug-likeness (QED) is 0.121. The molecule has 3 heterocycles. The molecule has 1 aromatic heterocycles. The lowest BCUT2D eigenvalue weighted by Gasteiger charge is -2.38. The first-order valence-electron chi connectivity index (χ1n) is 20.8. The third-order valence-electron chi connectivity index (χ3n) is 11.7. The van der Waals surface area contributed by atoms with E-state index in [4.69, 9.17) is 32.7 Å². The van der Waals surface area contributed by atoms with Crippen LogP contribution in [0.15, 0.2) is 91.1 Å². The zero-order chi connectivity index (χ0) is 42.7. The minimum atomic E-state index is -1.07. The zero-order valence-corrected chi connectivity index (χ0v) is 36.7. The molecule has 60 heavy (non-hydrogen) atoms. The summed E-state index contributed by atoms with van der Waals surface area (Å²) in [7, 11) is 2.09. The van der Waals surface area contributed by atoms with Gasteiger partial charge in [0.1, 0.15) is 29.7 Å². The number of likely N-dealkylation sites (N-methyl/N-ethyl adjacent to an activating group) is 1. The van der Waals surface area contributed by atoms with Gasteiger partial charge in [0.2, 0.25) is 5.91 Å². The second-order valence-electron chi connectivity index (χ2n) is 16.7. The first-order valence-corrected chi connectivity index (χ1v) is 21.5. The minimum absolute atomic E-state index is 0.167. The number of halogens is 2. The van der Waals surface area contributed by atoms with E-state index in [1.165, 1.54) is 0 Å². The van der Waals surface area contributed by atoms with Crippen LogP contribution in [0.1, 0.15) is 84.0 Å². The first kappa shape index (κ1) is 43.2. The van der Waals surface area contributed by atoms with Crippen molar-refractivity contribution in [3.8, 4) is 22.6 Å². The van der Waals surface area contributed by atoms with Crippen LogP contribution < -0.4 is 14.8 Å². The molecule has 0 spiro atoms. The van der Waals surface area contributed by atoms with Crippen molar-refractivity contribution in [1.82, 2.24) is 20.1 Å². The molecule has 5 aromatic rings. The molecule has 2 aliphatic rings. The highest BCUT2D eigenvalue weighted by Crippen LogP contribution is 2.37. The number of aryl methyl sites for hydroxylation is 1. The molecule has 11 heteroatoms. The fourth-order valence-corrected chi connectivity index (χ4v) is 8.69. The summed E-state index contributed by atoms with van der Waals surface area (Å²) < 4.78 is 13.2. The molecular formula is C49H54Cl2N4O5. The standard InChI is InChI=1S/C49H54Cl2N4O5/c1-7-45(35-14-17-41(50)42(51)22-35)59-39-15-12-34(13-16-39)47-28-54(6)26-38-21-36-23-44(55(25-29(2)3)27-37(36)24-46(38)60-47)48(56)53-43(49(57)58)20-32-8-10-33(11-9-32)40-18-19-52-31(5)30(40)4/h8-19,21-22,24,29,43-45,47H,7,20,23,25-28H2,1-6H3,(H,53,56)(H,57,58)/t43-,44-,45+,47+/m0/s1. The summed E-state index contributed by atoms with van der Waals surface area (Å²) in [6.07, 6.45) is 2.84. The Balaban J connectivity index is 1.05. The summed E-state index contributed by atoms with van der Waals surface area (Å²) in [5.41, 5.74) is 10.3.